The standard InChI is InChI=1S/C17H12F2N4O2/c18-12-4-6-14(7-5-12)21-10-15-20-16(24)22(23(15)17(21)25)9-11-2-1-3-13(19)8-11/h1-8H,9-10H2. The van der Waals surface area contributed by atoms with Crippen molar-refractivity contribution in [1.29, 1.82) is 0 Å². The van der Waals surface area contributed by atoms with Gasteiger partial charge in [-0.25, -0.2) is 23.1 Å². The van der Waals surface area contributed by atoms with Crippen molar-refractivity contribution < 1.29 is 13.6 Å². The minimum Gasteiger partial charge on any atom is -0.285 e. The number of carbonyl (C=O) groups excluding carboxylic acids is 1. The first-order valence-electron chi connectivity index (χ1n) is 7.53. The Hall–Kier alpha value is -3.29. The minimum absolute atomic E-state index is 0.0204. The lowest BCUT2D eigenvalue weighted by atomic mass is 10.2. The third-order valence-corrected chi connectivity index (χ3v) is 4.00. The highest BCUT2D eigenvalue weighted by molar-refractivity contribution is 5.95. The first kappa shape index (κ1) is 15.3. The van der Waals surface area contributed by atoms with E-state index in [4.69, 9.17) is 0 Å². The molecule has 8 heteroatoms. The zero-order chi connectivity index (χ0) is 17.6. The van der Waals surface area contributed by atoms with Gasteiger partial charge >= 0.3 is 11.7 Å². The van der Waals surface area contributed by atoms with Crippen molar-refractivity contribution >= 4 is 11.7 Å². The van der Waals surface area contributed by atoms with E-state index in [1.54, 1.807) is 6.07 Å². The van der Waals surface area contributed by atoms with E-state index in [1.165, 1.54) is 52.0 Å². The van der Waals surface area contributed by atoms with E-state index in [1.807, 2.05) is 0 Å². The molecule has 0 atom stereocenters. The Kier molecular flexibility index (Phi) is 3.45. The lowest BCUT2D eigenvalue weighted by Gasteiger charge is -2.15. The number of carbonyl (C=O) groups is 1. The highest BCUT2D eigenvalue weighted by Gasteiger charge is 2.33. The molecule has 4 rings (SSSR count). The van der Waals surface area contributed by atoms with E-state index in [2.05, 4.69) is 4.98 Å². The second-order valence-electron chi connectivity index (χ2n) is 5.66. The molecule has 0 unspecified atom stereocenters. The van der Waals surface area contributed by atoms with Crippen molar-refractivity contribution in [3.63, 3.8) is 0 Å². The van der Waals surface area contributed by atoms with Crippen molar-refractivity contribution in [3.8, 4) is 0 Å². The number of aromatic nitrogens is 3. The fraction of sp³-hybridized carbons (Fsp3) is 0.118. The Labute approximate surface area is 140 Å². The molecular weight excluding hydrogens is 330 g/mol. The molecule has 0 N–H and O–H groups in total. The van der Waals surface area contributed by atoms with Crippen molar-refractivity contribution in [2.75, 3.05) is 4.90 Å². The summed E-state index contributed by atoms with van der Waals surface area (Å²) in [5.41, 5.74) is 0.464. The molecule has 2 aromatic carbocycles. The van der Waals surface area contributed by atoms with E-state index in [0.29, 0.717) is 11.3 Å². The topological polar surface area (TPSA) is 60.1 Å². The van der Waals surface area contributed by atoms with Gasteiger partial charge in [0.1, 0.15) is 11.6 Å². The molecule has 0 aliphatic carbocycles. The monoisotopic (exact) mass is 342 g/mol. The van der Waals surface area contributed by atoms with Gasteiger partial charge in [0.15, 0.2) is 5.82 Å². The van der Waals surface area contributed by atoms with Gasteiger partial charge in [-0.2, -0.15) is 9.67 Å². The van der Waals surface area contributed by atoms with Gasteiger partial charge in [-0.05, 0) is 42.0 Å². The van der Waals surface area contributed by atoms with Crippen molar-refractivity contribution in [3.05, 3.63) is 82.0 Å². The number of hydrogen-bond donors (Lipinski definition) is 0. The molecule has 0 spiro atoms. The van der Waals surface area contributed by atoms with E-state index >= 15 is 0 Å². The van der Waals surface area contributed by atoms with Gasteiger partial charge in [0.2, 0.25) is 0 Å². The maximum atomic E-state index is 13.3. The third-order valence-electron chi connectivity index (χ3n) is 4.00. The van der Waals surface area contributed by atoms with Crippen LogP contribution in [0.3, 0.4) is 0 Å². The van der Waals surface area contributed by atoms with Crippen LogP contribution in [0, 0.1) is 11.6 Å². The third kappa shape index (κ3) is 2.61. The maximum absolute atomic E-state index is 13.3. The lowest BCUT2D eigenvalue weighted by Crippen LogP contribution is -2.34. The molecule has 25 heavy (non-hydrogen) atoms. The molecule has 0 saturated heterocycles. The Balaban J connectivity index is 1.69. The summed E-state index contributed by atoms with van der Waals surface area (Å²) in [6.45, 7) is 0.127. The van der Waals surface area contributed by atoms with Crippen LogP contribution in [0.25, 0.3) is 0 Å². The molecule has 0 bridgehead atoms. The van der Waals surface area contributed by atoms with Gasteiger partial charge in [0.25, 0.3) is 0 Å². The smallest absolute Gasteiger partial charge is 0.285 e. The SMILES string of the molecule is O=C1N(c2ccc(F)cc2)Cc2nc(=O)n(Cc3cccc(F)c3)n21. The molecule has 0 saturated carbocycles. The molecule has 0 fully saturated rings. The van der Waals surface area contributed by atoms with Crippen LogP contribution in [-0.2, 0) is 13.1 Å². The number of hydrogen-bond acceptors (Lipinski definition) is 3. The molecule has 1 aliphatic rings. The average molecular weight is 342 g/mol. The summed E-state index contributed by atoms with van der Waals surface area (Å²) in [7, 11) is 0. The van der Waals surface area contributed by atoms with Crippen molar-refractivity contribution in [2.45, 2.75) is 13.1 Å². The summed E-state index contributed by atoms with van der Waals surface area (Å²) in [6, 6.07) is 10.8. The molecule has 1 aromatic heterocycles. The lowest BCUT2D eigenvalue weighted by molar-refractivity contribution is 0.244. The van der Waals surface area contributed by atoms with E-state index in [9.17, 15) is 18.4 Å². The van der Waals surface area contributed by atoms with Gasteiger partial charge in [0, 0.05) is 5.69 Å². The second-order valence-corrected chi connectivity index (χ2v) is 5.66. The van der Waals surface area contributed by atoms with Gasteiger partial charge in [-0.15, -0.1) is 0 Å². The Morgan fingerprint density at radius 1 is 1.00 bits per heavy atom. The van der Waals surface area contributed by atoms with Gasteiger partial charge < -0.3 is 0 Å². The van der Waals surface area contributed by atoms with Crippen LogP contribution in [0.4, 0.5) is 19.3 Å². The predicted octanol–water partition coefficient (Wildman–Crippen LogP) is 2.36. The van der Waals surface area contributed by atoms with Crippen LogP contribution in [-0.4, -0.2) is 20.4 Å². The molecule has 0 radical (unpaired) electrons. The van der Waals surface area contributed by atoms with Crippen LogP contribution in [0.15, 0.2) is 53.3 Å². The van der Waals surface area contributed by atoms with Crippen molar-refractivity contribution in [2.24, 2.45) is 0 Å². The van der Waals surface area contributed by atoms with Gasteiger partial charge in [-0.1, -0.05) is 12.1 Å². The minimum atomic E-state index is -0.577. The van der Waals surface area contributed by atoms with Crippen LogP contribution in [0.1, 0.15) is 11.4 Å². The molecule has 2 heterocycles. The number of halogens is 2. The van der Waals surface area contributed by atoms with Crippen LogP contribution >= 0.6 is 0 Å². The van der Waals surface area contributed by atoms with Crippen LogP contribution in [0.2, 0.25) is 0 Å². The summed E-state index contributed by atoms with van der Waals surface area (Å²) in [5.74, 6) is -0.544. The van der Waals surface area contributed by atoms with Crippen LogP contribution < -0.4 is 10.6 Å². The average Bonchev–Trinajstić information content (AvgIpc) is 3.05. The van der Waals surface area contributed by atoms with Gasteiger partial charge in [0.05, 0.1) is 13.1 Å². The Bertz CT molecular complexity index is 1020. The molecule has 3 aromatic rings. The Morgan fingerprint density at radius 2 is 1.76 bits per heavy atom. The number of benzene rings is 2. The molecule has 1 aliphatic heterocycles. The second kappa shape index (κ2) is 5.66. The fourth-order valence-electron chi connectivity index (χ4n) is 2.85. The maximum Gasteiger partial charge on any atom is 0.364 e. The number of fused-ring (bicyclic) bond motifs is 1. The summed E-state index contributed by atoms with van der Waals surface area (Å²) < 4.78 is 28.8. The number of amides is 1. The van der Waals surface area contributed by atoms with E-state index in [0.717, 1.165) is 4.68 Å². The highest BCUT2D eigenvalue weighted by Crippen LogP contribution is 2.23. The summed E-state index contributed by atoms with van der Waals surface area (Å²) in [5, 5.41) is 0. The molecule has 6 nitrogen and oxygen atoms in total. The zero-order valence-corrected chi connectivity index (χ0v) is 12.9. The molecular formula is C17H12F2N4O2. The van der Waals surface area contributed by atoms with Crippen LogP contribution in [0.5, 0.6) is 0 Å². The Morgan fingerprint density at radius 3 is 2.48 bits per heavy atom. The van der Waals surface area contributed by atoms with Gasteiger partial charge in [-0.3, -0.25) is 4.90 Å². The number of rotatable bonds is 3. The first-order chi connectivity index (χ1) is 12.0. The summed E-state index contributed by atoms with van der Waals surface area (Å²) >= 11 is 0. The fourth-order valence-corrected chi connectivity index (χ4v) is 2.85. The molecule has 126 valence electrons. The predicted molar refractivity (Wildman–Crippen MR) is 85.4 cm³/mol. The zero-order valence-electron chi connectivity index (χ0n) is 12.9. The summed E-state index contributed by atoms with van der Waals surface area (Å²) in [4.78, 5) is 30.1. The first-order valence-corrected chi connectivity index (χ1v) is 7.53. The van der Waals surface area contributed by atoms with Crippen molar-refractivity contribution in [1.82, 2.24) is 14.3 Å². The quantitative estimate of drug-likeness (QED) is 0.734. The molecule has 1 amide bonds. The van der Waals surface area contributed by atoms with E-state index in [-0.39, 0.29) is 18.9 Å². The largest absolute Gasteiger partial charge is 0.364 e. The number of anilines is 1. The highest BCUT2D eigenvalue weighted by atomic mass is 19.1. The number of nitrogens with zero attached hydrogens (tertiary/aromatic N) is 4. The summed E-state index contributed by atoms with van der Waals surface area (Å²) in [6.07, 6.45) is 0. The van der Waals surface area contributed by atoms with E-state index < -0.39 is 23.4 Å². The normalized spacial score (nSPS) is 13.4.